The van der Waals surface area contributed by atoms with Crippen molar-refractivity contribution in [2.45, 2.75) is 20.8 Å². The summed E-state index contributed by atoms with van der Waals surface area (Å²) in [5.41, 5.74) is 8.03. The molecule has 0 aliphatic carbocycles. The number of fused-ring (bicyclic) bond motifs is 1. The molecule has 1 heterocycles. The number of rotatable bonds is 5. The van der Waals surface area contributed by atoms with Crippen molar-refractivity contribution in [2.75, 3.05) is 7.11 Å². The highest BCUT2D eigenvalue weighted by atomic mass is 16.5. The van der Waals surface area contributed by atoms with Crippen molar-refractivity contribution in [3.8, 4) is 33.9 Å². The summed E-state index contributed by atoms with van der Waals surface area (Å²) >= 11 is 0. The highest BCUT2D eigenvalue weighted by Crippen LogP contribution is 2.33. The van der Waals surface area contributed by atoms with Gasteiger partial charge < -0.3 is 9.47 Å². The molecule has 178 valence electrons. The van der Waals surface area contributed by atoms with Crippen molar-refractivity contribution in [3.63, 3.8) is 0 Å². The SMILES string of the molecule is COc1ccc(-c2nc3c(C)cc(C)cc3c(C(=O)Oc3ccc(-c4ccccc4)cc3)c2C)cc1. The van der Waals surface area contributed by atoms with E-state index in [2.05, 4.69) is 18.2 Å². The fourth-order valence-electron chi connectivity index (χ4n) is 4.61. The molecule has 0 spiro atoms. The Morgan fingerprint density at radius 1 is 0.722 bits per heavy atom. The third kappa shape index (κ3) is 4.46. The molecule has 0 radical (unpaired) electrons. The van der Waals surface area contributed by atoms with Crippen LogP contribution in [0.1, 0.15) is 27.0 Å². The topological polar surface area (TPSA) is 48.4 Å². The molecule has 0 aliphatic heterocycles. The van der Waals surface area contributed by atoms with Gasteiger partial charge in [-0.25, -0.2) is 9.78 Å². The number of benzene rings is 4. The largest absolute Gasteiger partial charge is 0.497 e. The first-order chi connectivity index (χ1) is 17.4. The van der Waals surface area contributed by atoms with E-state index in [0.29, 0.717) is 11.3 Å². The number of methoxy groups -OCH3 is 1. The van der Waals surface area contributed by atoms with E-state index in [1.165, 1.54) is 0 Å². The van der Waals surface area contributed by atoms with Crippen molar-refractivity contribution in [1.82, 2.24) is 4.98 Å². The van der Waals surface area contributed by atoms with Gasteiger partial charge in [-0.1, -0.05) is 54.1 Å². The lowest BCUT2D eigenvalue weighted by atomic mass is 9.95. The third-order valence-corrected chi connectivity index (χ3v) is 6.41. The van der Waals surface area contributed by atoms with Crippen molar-refractivity contribution < 1.29 is 14.3 Å². The van der Waals surface area contributed by atoms with Crippen LogP contribution in [-0.4, -0.2) is 18.1 Å². The van der Waals surface area contributed by atoms with E-state index in [4.69, 9.17) is 14.5 Å². The zero-order chi connectivity index (χ0) is 25.2. The number of aryl methyl sites for hydroxylation is 2. The Balaban J connectivity index is 1.58. The average molecular weight is 474 g/mol. The maximum atomic E-state index is 13.6. The summed E-state index contributed by atoms with van der Waals surface area (Å²) in [5, 5.41) is 0.799. The van der Waals surface area contributed by atoms with E-state index in [-0.39, 0.29) is 0 Å². The van der Waals surface area contributed by atoms with E-state index in [0.717, 1.165) is 55.7 Å². The fraction of sp³-hybridized carbons (Fsp3) is 0.125. The van der Waals surface area contributed by atoms with Crippen molar-refractivity contribution in [1.29, 1.82) is 0 Å². The first-order valence-corrected chi connectivity index (χ1v) is 11.9. The van der Waals surface area contributed by atoms with Gasteiger partial charge in [-0.05, 0) is 85.5 Å². The number of esters is 1. The van der Waals surface area contributed by atoms with Crippen molar-refractivity contribution >= 4 is 16.9 Å². The molecule has 1 aromatic heterocycles. The van der Waals surface area contributed by atoms with Crippen molar-refractivity contribution in [3.05, 3.63) is 113 Å². The molecular weight excluding hydrogens is 446 g/mol. The van der Waals surface area contributed by atoms with Gasteiger partial charge >= 0.3 is 5.97 Å². The molecule has 0 fully saturated rings. The Labute approximate surface area is 211 Å². The van der Waals surface area contributed by atoms with Crippen LogP contribution in [0.25, 0.3) is 33.3 Å². The molecule has 4 nitrogen and oxygen atoms in total. The number of pyridine rings is 1. The zero-order valence-corrected chi connectivity index (χ0v) is 20.8. The summed E-state index contributed by atoms with van der Waals surface area (Å²) in [6, 6.07) is 29.5. The van der Waals surface area contributed by atoms with Gasteiger partial charge in [0.15, 0.2) is 0 Å². The minimum Gasteiger partial charge on any atom is -0.497 e. The minimum absolute atomic E-state index is 0.396. The minimum atomic E-state index is -0.396. The number of hydrogen-bond donors (Lipinski definition) is 0. The van der Waals surface area contributed by atoms with Gasteiger partial charge in [0.1, 0.15) is 11.5 Å². The number of carbonyl (C=O) groups excluding carboxylic acids is 1. The summed E-state index contributed by atoms with van der Waals surface area (Å²) in [5.74, 6) is 0.870. The molecular formula is C32H27NO3. The molecule has 4 heteroatoms. The molecule has 0 unspecified atom stereocenters. The molecule has 4 aromatic carbocycles. The van der Waals surface area contributed by atoms with Crippen LogP contribution in [0.4, 0.5) is 0 Å². The predicted molar refractivity (Wildman–Crippen MR) is 145 cm³/mol. The number of nitrogens with zero attached hydrogens (tertiary/aromatic N) is 1. The molecule has 0 saturated carbocycles. The van der Waals surface area contributed by atoms with E-state index in [1.807, 2.05) is 93.6 Å². The summed E-state index contributed by atoms with van der Waals surface area (Å²) in [7, 11) is 1.64. The highest BCUT2D eigenvalue weighted by molar-refractivity contribution is 6.08. The van der Waals surface area contributed by atoms with Crippen LogP contribution in [0, 0.1) is 20.8 Å². The molecule has 0 bridgehead atoms. The molecule has 5 aromatic rings. The van der Waals surface area contributed by atoms with Gasteiger partial charge in [-0.2, -0.15) is 0 Å². The van der Waals surface area contributed by atoms with Crippen LogP contribution in [0.15, 0.2) is 91.0 Å². The lowest BCUT2D eigenvalue weighted by Crippen LogP contribution is -2.13. The zero-order valence-electron chi connectivity index (χ0n) is 20.8. The second kappa shape index (κ2) is 9.67. The van der Waals surface area contributed by atoms with E-state index >= 15 is 0 Å². The standard InChI is InChI=1S/C32H27NO3/c1-20-18-21(2)30-28(19-20)29(22(3)31(33-30)25-12-14-26(35-4)15-13-25)32(34)36-27-16-10-24(11-17-27)23-8-6-5-7-9-23/h5-19H,1-4H3. The van der Waals surface area contributed by atoms with Gasteiger partial charge in [-0.15, -0.1) is 0 Å². The quantitative estimate of drug-likeness (QED) is 0.194. The molecule has 36 heavy (non-hydrogen) atoms. The first kappa shape index (κ1) is 23.3. The Kier molecular flexibility index (Phi) is 6.26. The lowest BCUT2D eigenvalue weighted by molar-refractivity contribution is 0.0736. The molecule has 0 aliphatic rings. The van der Waals surface area contributed by atoms with Crippen molar-refractivity contribution in [2.24, 2.45) is 0 Å². The number of ether oxygens (including phenoxy) is 2. The van der Waals surface area contributed by atoms with E-state index in [9.17, 15) is 4.79 Å². The molecule has 0 amide bonds. The number of hydrogen-bond acceptors (Lipinski definition) is 4. The monoisotopic (exact) mass is 473 g/mol. The summed E-state index contributed by atoms with van der Waals surface area (Å²) in [6.45, 7) is 5.97. The fourth-order valence-corrected chi connectivity index (χ4v) is 4.61. The smallest absolute Gasteiger partial charge is 0.344 e. The summed E-state index contributed by atoms with van der Waals surface area (Å²) < 4.78 is 11.2. The van der Waals surface area contributed by atoms with Gasteiger partial charge in [0, 0.05) is 10.9 Å². The van der Waals surface area contributed by atoms with Crippen LogP contribution in [0.2, 0.25) is 0 Å². The molecule has 0 N–H and O–H groups in total. The number of aromatic nitrogens is 1. The molecule has 0 saturated heterocycles. The third-order valence-electron chi connectivity index (χ3n) is 6.41. The second-order valence-corrected chi connectivity index (χ2v) is 8.95. The normalized spacial score (nSPS) is 10.9. The van der Waals surface area contributed by atoms with Crippen LogP contribution in [0.3, 0.4) is 0 Å². The first-order valence-electron chi connectivity index (χ1n) is 11.9. The van der Waals surface area contributed by atoms with Gasteiger partial charge in [0.25, 0.3) is 0 Å². The second-order valence-electron chi connectivity index (χ2n) is 8.95. The summed E-state index contributed by atoms with van der Waals surface area (Å²) in [4.78, 5) is 18.6. The Bertz CT molecular complexity index is 1550. The highest BCUT2D eigenvalue weighted by Gasteiger charge is 2.22. The molecule has 0 atom stereocenters. The maximum Gasteiger partial charge on any atom is 0.344 e. The average Bonchev–Trinajstić information content (AvgIpc) is 2.89. The maximum absolute atomic E-state index is 13.6. The number of carbonyl (C=O) groups is 1. The Morgan fingerprint density at radius 3 is 2.00 bits per heavy atom. The predicted octanol–water partition coefficient (Wildman–Crippen LogP) is 7.72. The Morgan fingerprint density at radius 2 is 1.33 bits per heavy atom. The van der Waals surface area contributed by atoms with Crippen LogP contribution in [0.5, 0.6) is 11.5 Å². The van der Waals surface area contributed by atoms with E-state index < -0.39 is 5.97 Å². The lowest BCUT2D eigenvalue weighted by Gasteiger charge is -2.16. The summed E-state index contributed by atoms with van der Waals surface area (Å²) in [6.07, 6.45) is 0. The van der Waals surface area contributed by atoms with Gasteiger partial charge in [0.2, 0.25) is 0 Å². The molecule has 5 rings (SSSR count). The Hall–Kier alpha value is -4.44. The van der Waals surface area contributed by atoms with E-state index in [1.54, 1.807) is 7.11 Å². The van der Waals surface area contributed by atoms with Crippen LogP contribution < -0.4 is 9.47 Å². The van der Waals surface area contributed by atoms with Gasteiger partial charge in [0.05, 0.1) is 23.9 Å². The van der Waals surface area contributed by atoms with Crippen LogP contribution in [-0.2, 0) is 0 Å². The van der Waals surface area contributed by atoms with Gasteiger partial charge in [-0.3, -0.25) is 0 Å². The van der Waals surface area contributed by atoms with Crippen LogP contribution >= 0.6 is 0 Å².